The van der Waals surface area contributed by atoms with E-state index in [9.17, 15) is 4.79 Å². The summed E-state index contributed by atoms with van der Waals surface area (Å²) in [5.41, 5.74) is 0. The van der Waals surface area contributed by atoms with E-state index < -0.39 is 0 Å². The highest BCUT2D eigenvalue weighted by Crippen LogP contribution is 2.28. The van der Waals surface area contributed by atoms with Gasteiger partial charge in [-0.05, 0) is 31.6 Å². The maximum Gasteiger partial charge on any atom is 0.240 e. The number of nitrogens with zero attached hydrogens (tertiary/aromatic N) is 1. The standard InChI is InChI=1S/C12H22N2O2/c1-2-11-12(15)14(9-13-11)6-3-7-16-8-10-4-5-10/h10-11,13H,2-9H2,1H3. The fourth-order valence-corrected chi connectivity index (χ4v) is 2.01. The Balaban J connectivity index is 1.53. The third-order valence-corrected chi connectivity index (χ3v) is 3.31. The summed E-state index contributed by atoms with van der Waals surface area (Å²) in [6.07, 6.45) is 4.52. The minimum atomic E-state index is 0.0485. The normalized spacial score (nSPS) is 25.4. The van der Waals surface area contributed by atoms with Gasteiger partial charge in [-0.15, -0.1) is 0 Å². The molecule has 2 fully saturated rings. The minimum Gasteiger partial charge on any atom is -0.381 e. The molecule has 0 aromatic carbocycles. The van der Waals surface area contributed by atoms with Crippen molar-refractivity contribution in [3.8, 4) is 0 Å². The van der Waals surface area contributed by atoms with Crippen LogP contribution in [-0.4, -0.2) is 43.3 Å². The average Bonchev–Trinajstić information content (AvgIpc) is 3.04. The van der Waals surface area contributed by atoms with E-state index in [1.54, 1.807) is 0 Å². The van der Waals surface area contributed by atoms with E-state index in [0.717, 1.165) is 38.5 Å². The fraction of sp³-hybridized carbons (Fsp3) is 0.917. The first kappa shape index (κ1) is 11.9. The predicted molar refractivity (Wildman–Crippen MR) is 62.0 cm³/mol. The number of hydrogen-bond donors (Lipinski definition) is 1. The van der Waals surface area contributed by atoms with Crippen LogP contribution < -0.4 is 5.32 Å². The number of nitrogens with one attached hydrogen (secondary N) is 1. The van der Waals surface area contributed by atoms with Crippen molar-refractivity contribution in [1.29, 1.82) is 0 Å². The Morgan fingerprint density at radius 1 is 1.50 bits per heavy atom. The van der Waals surface area contributed by atoms with Crippen LogP contribution in [0.3, 0.4) is 0 Å². The van der Waals surface area contributed by atoms with Crippen LogP contribution in [0.4, 0.5) is 0 Å². The number of ether oxygens (including phenoxy) is 1. The number of rotatable bonds is 7. The molecule has 4 heteroatoms. The van der Waals surface area contributed by atoms with Gasteiger partial charge >= 0.3 is 0 Å². The number of hydrogen-bond acceptors (Lipinski definition) is 3. The Hall–Kier alpha value is -0.610. The van der Waals surface area contributed by atoms with Gasteiger partial charge in [0.25, 0.3) is 0 Å². The van der Waals surface area contributed by atoms with E-state index in [2.05, 4.69) is 5.32 Å². The lowest BCUT2D eigenvalue weighted by Gasteiger charge is -2.14. The lowest BCUT2D eigenvalue weighted by Crippen LogP contribution is -2.31. The summed E-state index contributed by atoms with van der Waals surface area (Å²) < 4.78 is 5.55. The van der Waals surface area contributed by atoms with Crippen molar-refractivity contribution in [1.82, 2.24) is 10.2 Å². The second-order valence-corrected chi connectivity index (χ2v) is 4.80. The molecule has 4 nitrogen and oxygen atoms in total. The van der Waals surface area contributed by atoms with Crippen LogP contribution in [-0.2, 0) is 9.53 Å². The average molecular weight is 226 g/mol. The van der Waals surface area contributed by atoms with Crippen molar-refractivity contribution in [2.45, 2.75) is 38.6 Å². The van der Waals surface area contributed by atoms with Crippen molar-refractivity contribution in [2.24, 2.45) is 5.92 Å². The molecule has 1 unspecified atom stereocenters. The van der Waals surface area contributed by atoms with Crippen LogP contribution in [0.25, 0.3) is 0 Å². The molecule has 0 aromatic rings. The van der Waals surface area contributed by atoms with Gasteiger partial charge in [0.15, 0.2) is 0 Å². The fourth-order valence-electron chi connectivity index (χ4n) is 2.01. The van der Waals surface area contributed by atoms with Gasteiger partial charge in [0.05, 0.1) is 12.7 Å². The molecular weight excluding hydrogens is 204 g/mol. The third-order valence-electron chi connectivity index (χ3n) is 3.31. The molecular formula is C12H22N2O2. The van der Waals surface area contributed by atoms with Crippen LogP contribution >= 0.6 is 0 Å². The van der Waals surface area contributed by atoms with Gasteiger partial charge < -0.3 is 9.64 Å². The summed E-state index contributed by atoms with van der Waals surface area (Å²) in [6.45, 7) is 5.28. The Morgan fingerprint density at radius 3 is 2.94 bits per heavy atom. The summed E-state index contributed by atoms with van der Waals surface area (Å²) in [5, 5.41) is 3.21. The SMILES string of the molecule is CCC1NCN(CCCOCC2CC2)C1=O. The predicted octanol–water partition coefficient (Wildman–Crippen LogP) is 0.971. The van der Waals surface area contributed by atoms with Crippen LogP contribution in [0.15, 0.2) is 0 Å². The molecule has 1 saturated heterocycles. The van der Waals surface area contributed by atoms with E-state index in [1.807, 2.05) is 11.8 Å². The van der Waals surface area contributed by atoms with Crippen LogP contribution in [0.2, 0.25) is 0 Å². The third kappa shape index (κ3) is 3.19. The van der Waals surface area contributed by atoms with Gasteiger partial charge in [-0.2, -0.15) is 0 Å². The Morgan fingerprint density at radius 2 is 2.31 bits per heavy atom. The molecule has 1 heterocycles. The zero-order valence-corrected chi connectivity index (χ0v) is 10.1. The molecule has 92 valence electrons. The monoisotopic (exact) mass is 226 g/mol. The smallest absolute Gasteiger partial charge is 0.240 e. The molecule has 1 aliphatic carbocycles. The number of carbonyl (C=O) groups excluding carboxylic acids is 1. The molecule has 0 bridgehead atoms. The lowest BCUT2D eigenvalue weighted by molar-refractivity contribution is -0.129. The molecule has 1 amide bonds. The summed E-state index contributed by atoms with van der Waals surface area (Å²) >= 11 is 0. The van der Waals surface area contributed by atoms with E-state index in [1.165, 1.54) is 12.8 Å². The summed E-state index contributed by atoms with van der Waals surface area (Å²) in [5.74, 6) is 1.09. The van der Waals surface area contributed by atoms with E-state index in [4.69, 9.17) is 4.74 Å². The molecule has 1 atom stereocenters. The van der Waals surface area contributed by atoms with Gasteiger partial charge in [0.2, 0.25) is 5.91 Å². The first-order valence-corrected chi connectivity index (χ1v) is 6.41. The van der Waals surface area contributed by atoms with E-state index >= 15 is 0 Å². The molecule has 2 rings (SSSR count). The molecule has 1 aliphatic heterocycles. The molecule has 2 aliphatic rings. The van der Waals surface area contributed by atoms with E-state index in [-0.39, 0.29) is 11.9 Å². The van der Waals surface area contributed by atoms with Crippen molar-refractivity contribution in [2.75, 3.05) is 26.4 Å². The largest absolute Gasteiger partial charge is 0.381 e. The summed E-state index contributed by atoms with van der Waals surface area (Å²) in [4.78, 5) is 13.6. The van der Waals surface area contributed by atoms with Gasteiger partial charge in [0, 0.05) is 19.8 Å². The summed E-state index contributed by atoms with van der Waals surface area (Å²) in [7, 11) is 0. The van der Waals surface area contributed by atoms with Gasteiger partial charge in [0.1, 0.15) is 0 Å². The van der Waals surface area contributed by atoms with Gasteiger partial charge in [-0.3, -0.25) is 10.1 Å². The zero-order chi connectivity index (χ0) is 11.4. The first-order valence-electron chi connectivity index (χ1n) is 6.41. The Kier molecular flexibility index (Phi) is 4.18. The highest BCUT2D eigenvalue weighted by atomic mass is 16.5. The molecule has 0 radical (unpaired) electrons. The van der Waals surface area contributed by atoms with Crippen molar-refractivity contribution >= 4 is 5.91 Å². The van der Waals surface area contributed by atoms with Crippen LogP contribution in [0.5, 0.6) is 0 Å². The molecule has 1 saturated carbocycles. The topological polar surface area (TPSA) is 41.6 Å². The molecule has 0 spiro atoms. The van der Waals surface area contributed by atoms with Crippen molar-refractivity contribution in [3.63, 3.8) is 0 Å². The maximum atomic E-state index is 11.7. The van der Waals surface area contributed by atoms with Crippen LogP contribution in [0.1, 0.15) is 32.6 Å². The lowest BCUT2D eigenvalue weighted by atomic mass is 10.2. The Bertz CT molecular complexity index is 241. The second kappa shape index (κ2) is 5.64. The Labute approximate surface area is 97.3 Å². The maximum absolute atomic E-state index is 11.7. The quantitative estimate of drug-likeness (QED) is 0.658. The zero-order valence-electron chi connectivity index (χ0n) is 10.1. The number of amides is 1. The summed E-state index contributed by atoms with van der Waals surface area (Å²) in [6, 6.07) is 0.0485. The molecule has 16 heavy (non-hydrogen) atoms. The second-order valence-electron chi connectivity index (χ2n) is 4.80. The number of carbonyl (C=O) groups is 1. The van der Waals surface area contributed by atoms with Crippen molar-refractivity contribution in [3.05, 3.63) is 0 Å². The molecule has 0 aromatic heterocycles. The highest BCUT2D eigenvalue weighted by molar-refractivity contribution is 5.83. The van der Waals surface area contributed by atoms with E-state index in [0.29, 0.717) is 6.67 Å². The van der Waals surface area contributed by atoms with Gasteiger partial charge in [-0.25, -0.2) is 0 Å². The molecule has 1 N–H and O–H groups in total. The van der Waals surface area contributed by atoms with Crippen molar-refractivity contribution < 1.29 is 9.53 Å². The minimum absolute atomic E-state index is 0.0485. The highest BCUT2D eigenvalue weighted by Gasteiger charge is 2.28. The van der Waals surface area contributed by atoms with Crippen LogP contribution in [0, 0.1) is 5.92 Å². The van der Waals surface area contributed by atoms with Gasteiger partial charge in [-0.1, -0.05) is 6.92 Å². The first-order chi connectivity index (χ1) is 7.81.